The van der Waals surface area contributed by atoms with E-state index >= 15 is 0 Å². The van der Waals surface area contributed by atoms with Crippen LogP contribution in [0.1, 0.15) is 13.3 Å². The number of ether oxygens (including phenoxy) is 2. The number of methoxy groups -OCH3 is 1. The largest absolute Gasteiger partial charge is 0.466 e. The van der Waals surface area contributed by atoms with Crippen molar-refractivity contribution in [2.24, 2.45) is 0 Å². The molecule has 2 N–H and O–H groups in total. The fraction of sp³-hybridized carbons (Fsp3) is 0.417. The molecule has 0 aliphatic rings. The van der Waals surface area contributed by atoms with E-state index in [4.69, 9.17) is 10.5 Å². The molecule has 0 spiro atoms. The Morgan fingerprint density at radius 3 is 2.81 bits per heavy atom. The van der Waals surface area contributed by atoms with Crippen molar-refractivity contribution < 1.29 is 19.1 Å². The van der Waals surface area contributed by atoms with E-state index in [1.165, 1.54) is 26.7 Å². The summed E-state index contributed by atoms with van der Waals surface area (Å²) >= 11 is 0. The van der Waals surface area contributed by atoms with E-state index < -0.39 is 18.0 Å². The van der Waals surface area contributed by atoms with Crippen molar-refractivity contribution in [2.45, 2.75) is 26.0 Å². The number of esters is 2. The molecule has 0 aliphatic heterocycles. The summed E-state index contributed by atoms with van der Waals surface area (Å²) in [6, 6.07) is 0. The number of carbonyl (C=O) groups excluding carboxylic acids is 2. The second-order valence-electron chi connectivity index (χ2n) is 4.28. The fourth-order valence-electron chi connectivity index (χ4n) is 1.88. The molecule has 0 saturated heterocycles. The van der Waals surface area contributed by atoms with E-state index in [9.17, 15) is 9.59 Å². The normalized spacial score (nSPS) is 12.1. The maximum atomic E-state index is 11.6. The number of carbonyl (C=O) groups is 2. The van der Waals surface area contributed by atoms with Gasteiger partial charge in [-0.3, -0.25) is 4.79 Å². The van der Waals surface area contributed by atoms with Gasteiger partial charge in [-0.1, -0.05) is 0 Å². The molecule has 0 saturated carbocycles. The van der Waals surface area contributed by atoms with Gasteiger partial charge in [-0.25, -0.2) is 19.7 Å². The monoisotopic (exact) mass is 293 g/mol. The van der Waals surface area contributed by atoms with Crippen molar-refractivity contribution >= 4 is 28.9 Å². The molecule has 0 aliphatic carbocycles. The van der Waals surface area contributed by atoms with Crippen LogP contribution in [0.25, 0.3) is 11.2 Å². The molecule has 9 heteroatoms. The number of nitrogens with two attached hydrogens (primary N) is 1. The first-order valence-corrected chi connectivity index (χ1v) is 6.19. The summed E-state index contributed by atoms with van der Waals surface area (Å²) in [5.41, 5.74) is 6.73. The highest BCUT2D eigenvalue weighted by molar-refractivity contribution is 5.81. The topological polar surface area (TPSA) is 122 Å². The van der Waals surface area contributed by atoms with Crippen molar-refractivity contribution in [3.8, 4) is 0 Å². The Morgan fingerprint density at radius 2 is 2.14 bits per heavy atom. The molecule has 0 aromatic carbocycles. The Morgan fingerprint density at radius 1 is 1.38 bits per heavy atom. The molecule has 2 rings (SSSR count). The van der Waals surface area contributed by atoms with Gasteiger partial charge in [-0.15, -0.1) is 0 Å². The maximum absolute atomic E-state index is 11.6. The van der Waals surface area contributed by atoms with Gasteiger partial charge in [0.25, 0.3) is 0 Å². The number of fused-ring (bicyclic) bond motifs is 1. The van der Waals surface area contributed by atoms with Crippen LogP contribution in [0.5, 0.6) is 0 Å². The molecule has 112 valence electrons. The number of hydrogen-bond acceptors (Lipinski definition) is 8. The minimum absolute atomic E-state index is 0.238. The van der Waals surface area contributed by atoms with Gasteiger partial charge in [0.15, 0.2) is 11.5 Å². The zero-order valence-corrected chi connectivity index (χ0v) is 11.6. The van der Waals surface area contributed by atoms with Crippen LogP contribution in [0.4, 0.5) is 5.82 Å². The summed E-state index contributed by atoms with van der Waals surface area (Å²) in [7, 11) is 1.24. The Balaban J connectivity index is 2.14. The number of aryl methyl sites for hydroxylation is 1. The van der Waals surface area contributed by atoms with Crippen LogP contribution >= 0.6 is 0 Å². The zero-order valence-electron chi connectivity index (χ0n) is 11.6. The predicted molar refractivity (Wildman–Crippen MR) is 71.9 cm³/mol. The quantitative estimate of drug-likeness (QED) is 0.758. The molecule has 0 radical (unpaired) electrons. The first-order valence-electron chi connectivity index (χ1n) is 6.19. The Labute approximate surface area is 120 Å². The van der Waals surface area contributed by atoms with Crippen LogP contribution in [0.2, 0.25) is 0 Å². The molecule has 1 atom stereocenters. The van der Waals surface area contributed by atoms with Crippen LogP contribution in [0.15, 0.2) is 12.7 Å². The molecule has 2 aromatic heterocycles. The van der Waals surface area contributed by atoms with Gasteiger partial charge in [0, 0.05) is 19.9 Å². The number of nitrogens with zero attached hydrogens (tertiary/aromatic N) is 4. The Kier molecular flexibility index (Phi) is 4.31. The van der Waals surface area contributed by atoms with Gasteiger partial charge in [0.05, 0.1) is 13.4 Å². The zero-order chi connectivity index (χ0) is 15.4. The molecule has 9 nitrogen and oxygen atoms in total. The number of aromatic nitrogens is 4. The molecule has 0 fully saturated rings. The molecular weight excluding hydrogens is 278 g/mol. The van der Waals surface area contributed by atoms with Crippen LogP contribution < -0.4 is 5.73 Å². The SMILES string of the molecule is COC(=O)C(CCn1cnc2c(N)ncnc21)OC(C)=O. The lowest BCUT2D eigenvalue weighted by molar-refractivity contribution is -0.165. The average Bonchev–Trinajstić information content (AvgIpc) is 2.87. The third-order valence-electron chi connectivity index (χ3n) is 2.83. The van der Waals surface area contributed by atoms with Crippen molar-refractivity contribution in [3.05, 3.63) is 12.7 Å². The number of hydrogen-bond donors (Lipinski definition) is 1. The second kappa shape index (κ2) is 6.16. The fourth-order valence-corrected chi connectivity index (χ4v) is 1.88. The van der Waals surface area contributed by atoms with E-state index in [1.54, 1.807) is 4.57 Å². The summed E-state index contributed by atoms with van der Waals surface area (Å²) in [5.74, 6) is -0.875. The Bertz CT molecular complexity index is 669. The van der Waals surface area contributed by atoms with Gasteiger partial charge in [0.2, 0.25) is 6.10 Å². The van der Waals surface area contributed by atoms with Gasteiger partial charge < -0.3 is 19.8 Å². The van der Waals surface area contributed by atoms with Gasteiger partial charge in [-0.2, -0.15) is 0 Å². The molecule has 2 aromatic rings. The molecule has 1 unspecified atom stereocenters. The summed E-state index contributed by atoms with van der Waals surface area (Å²) in [6.45, 7) is 1.59. The first-order chi connectivity index (χ1) is 10.0. The number of rotatable bonds is 5. The molecular formula is C12H15N5O4. The summed E-state index contributed by atoms with van der Waals surface area (Å²) in [5, 5.41) is 0. The van der Waals surface area contributed by atoms with E-state index in [-0.39, 0.29) is 12.2 Å². The minimum atomic E-state index is -0.968. The number of imidazole rings is 1. The summed E-state index contributed by atoms with van der Waals surface area (Å²) in [4.78, 5) is 34.6. The van der Waals surface area contributed by atoms with Gasteiger partial charge >= 0.3 is 11.9 Å². The molecule has 21 heavy (non-hydrogen) atoms. The molecule has 0 amide bonds. The van der Waals surface area contributed by atoms with Crippen molar-refractivity contribution in [1.82, 2.24) is 19.5 Å². The average molecular weight is 293 g/mol. The summed E-state index contributed by atoms with van der Waals surface area (Å²) in [6.07, 6.45) is 2.14. The van der Waals surface area contributed by atoms with Crippen LogP contribution in [0.3, 0.4) is 0 Å². The van der Waals surface area contributed by atoms with E-state index in [2.05, 4.69) is 19.7 Å². The van der Waals surface area contributed by atoms with E-state index in [0.29, 0.717) is 17.7 Å². The second-order valence-corrected chi connectivity index (χ2v) is 4.28. The third kappa shape index (κ3) is 3.25. The lowest BCUT2D eigenvalue weighted by atomic mass is 10.2. The highest BCUT2D eigenvalue weighted by Crippen LogP contribution is 2.15. The highest BCUT2D eigenvalue weighted by atomic mass is 16.6. The minimum Gasteiger partial charge on any atom is -0.466 e. The highest BCUT2D eigenvalue weighted by Gasteiger charge is 2.22. The number of anilines is 1. The lowest BCUT2D eigenvalue weighted by Crippen LogP contribution is -2.28. The standard InChI is InChI=1S/C12H15N5O4/c1-7(18)21-8(12(19)20-2)3-4-17-6-16-9-10(13)14-5-15-11(9)17/h5-6,8H,3-4H2,1-2H3,(H2,13,14,15). The number of nitrogen functional groups attached to an aromatic ring is 1. The van der Waals surface area contributed by atoms with Crippen LogP contribution in [0, 0.1) is 0 Å². The first kappa shape index (κ1) is 14.7. The van der Waals surface area contributed by atoms with Crippen molar-refractivity contribution in [3.63, 3.8) is 0 Å². The molecule has 0 bridgehead atoms. The van der Waals surface area contributed by atoms with Crippen molar-refractivity contribution in [2.75, 3.05) is 12.8 Å². The summed E-state index contributed by atoms with van der Waals surface area (Å²) < 4.78 is 11.2. The lowest BCUT2D eigenvalue weighted by Gasteiger charge is -2.14. The van der Waals surface area contributed by atoms with E-state index in [0.717, 1.165) is 0 Å². The van der Waals surface area contributed by atoms with Gasteiger partial charge in [0.1, 0.15) is 11.8 Å². The smallest absolute Gasteiger partial charge is 0.347 e. The van der Waals surface area contributed by atoms with Crippen LogP contribution in [-0.2, 0) is 25.6 Å². The Hall–Kier alpha value is -2.71. The van der Waals surface area contributed by atoms with E-state index in [1.807, 2.05) is 0 Å². The van der Waals surface area contributed by atoms with Gasteiger partial charge in [-0.05, 0) is 0 Å². The maximum Gasteiger partial charge on any atom is 0.347 e. The predicted octanol–water partition coefficient (Wildman–Crippen LogP) is -0.0967. The third-order valence-corrected chi connectivity index (χ3v) is 2.83. The molecule has 2 heterocycles. The van der Waals surface area contributed by atoms with Crippen molar-refractivity contribution in [1.29, 1.82) is 0 Å². The van der Waals surface area contributed by atoms with Crippen LogP contribution in [-0.4, -0.2) is 44.7 Å².